The van der Waals surface area contributed by atoms with E-state index in [-0.39, 0.29) is 19.1 Å². The minimum absolute atomic E-state index is 0.0454. The Kier molecular flexibility index (Phi) is 4.62. The van der Waals surface area contributed by atoms with Crippen LogP contribution in [0.5, 0.6) is 0 Å². The summed E-state index contributed by atoms with van der Waals surface area (Å²) in [5.41, 5.74) is 0. The van der Waals surface area contributed by atoms with E-state index in [9.17, 15) is 4.79 Å². The zero-order valence-corrected chi connectivity index (χ0v) is 8.06. The van der Waals surface area contributed by atoms with Crippen molar-refractivity contribution in [3.05, 3.63) is 12.2 Å². The summed E-state index contributed by atoms with van der Waals surface area (Å²) in [5, 5.41) is 17.5. The number of rotatable bonds is 5. The highest BCUT2D eigenvalue weighted by atomic mass is 16.5. The van der Waals surface area contributed by atoms with Gasteiger partial charge in [-0.15, -0.1) is 0 Å². The molecule has 1 aliphatic rings. The number of allylic oxidation sites excluding steroid dienone is 2. The van der Waals surface area contributed by atoms with E-state index in [1.807, 2.05) is 6.08 Å². The third kappa shape index (κ3) is 3.12. The molecule has 2 unspecified atom stereocenters. The number of hydrogen-bond donors (Lipinski definition) is 2. The highest BCUT2D eigenvalue weighted by Crippen LogP contribution is 2.23. The van der Waals surface area contributed by atoms with Crippen molar-refractivity contribution < 1.29 is 19.7 Å². The van der Waals surface area contributed by atoms with Gasteiger partial charge >= 0.3 is 5.97 Å². The summed E-state index contributed by atoms with van der Waals surface area (Å²) in [7, 11) is 0. The second-order valence-electron chi connectivity index (χ2n) is 3.40. The summed E-state index contributed by atoms with van der Waals surface area (Å²) in [4.78, 5) is 10.9. The summed E-state index contributed by atoms with van der Waals surface area (Å²) in [5.74, 6) is -0.886. The Balaban J connectivity index is 2.48. The fourth-order valence-electron chi connectivity index (χ4n) is 1.68. The van der Waals surface area contributed by atoms with Gasteiger partial charge in [0.15, 0.2) is 6.10 Å². The van der Waals surface area contributed by atoms with Crippen molar-refractivity contribution in [2.24, 2.45) is 5.92 Å². The van der Waals surface area contributed by atoms with E-state index < -0.39 is 12.1 Å². The number of aliphatic hydroxyl groups is 1. The Morgan fingerprint density at radius 1 is 1.57 bits per heavy atom. The van der Waals surface area contributed by atoms with Gasteiger partial charge in [-0.05, 0) is 25.2 Å². The zero-order chi connectivity index (χ0) is 10.4. The largest absolute Gasteiger partial charge is 0.479 e. The standard InChI is InChI=1S/C10H16O4/c11-6-7-14-9(10(12)13)8-4-2-1-3-5-8/h1-2,8-9,11H,3-7H2,(H,12,13). The van der Waals surface area contributed by atoms with Gasteiger partial charge in [0.2, 0.25) is 0 Å². The Bertz CT molecular complexity index is 212. The molecule has 0 aromatic heterocycles. The highest BCUT2D eigenvalue weighted by Gasteiger charge is 2.28. The van der Waals surface area contributed by atoms with Gasteiger partial charge in [-0.25, -0.2) is 4.79 Å². The summed E-state index contributed by atoms with van der Waals surface area (Å²) < 4.78 is 5.11. The second-order valence-corrected chi connectivity index (χ2v) is 3.40. The van der Waals surface area contributed by atoms with Crippen molar-refractivity contribution in [1.29, 1.82) is 0 Å². The molecular formula is C10H16O4. The molecule has 0 aromatic carbocycles. The van der Waals surface area contributed by atoms with Crippen LogP contribution in [-0.2, 0) is 9.53 Å². The summed E-state index contributed by atoms with van der Waals surface area (Å²) in [6.45, 7) is -0.0382. The third-order valence-electron chi connectivity index (χ3n) is 2.37. The van der Waals surface area contributed by atoms with Crippen LogP contribution in [0.15, 0.2) is 12.2 Å². The van der Waals surface area contributed by atoms with Crippen LogP contribution in [0.4, 0.5) is 0 Å². The lowest BCUT2D eigenvalue weighted by molar-refractivity contribution is -0.155. The van der Waals surface area contributed by atoms with Crippen LogP contribution in [0.2, 0.25) is 0 Å². The van der Waals surface area contributed by atoms with Gasteiger partial charge in [-0.3, -0.25) is 0 Å². The van der Waals surface area contributed by atoms with Gasteiger partial charge in [-0.2, -0.15) is 0 Å². The molecule has 80 valence electrons. The van der Waals surface area contributed by atoms with Gasteiger partial charge in [0.1, 0.15) is 0 Å². The summed E-state index contributed by atoms with van der Waals surface area (Å²) >= 11 is 0. The van der Waals surface area contributed by atoms with Gasteiger partial charge in [-0.1, -0.05) is 12.2 Å². The van der Waals surface area contributed by atoms with Crippen LogP contribution >= 0.6 is 0 Å². The SMILES string of the molecule is O=C(O)C(OCCO)C1CC=CCC1. The molecule has 0 fully saturated rings. The maximum atomic E-state index is 10.9. The lowest BCUT2D eigenvalue weighted by atomic mass is 9.89. The Morgan fingerprint density at radius 2 is 2.36 bits per heavy atom. The van der Waals surface area contributed by atoms with Crippen molar-refractivity contribution >= 4 is 5.97 Å². The quantitative estimate of drug-likeness (QED) is 0.644. The first-order valence-corrected chi connectivity index (χ1v) is 4.86. The molecule has 1 aliphatic carbocycles. The monoisotopic (exact) mass is 200 g/mol. The average molecular weight is 200 g/mol. The molecule has 2 atom stereocenters. The molecule has 0 bridgehead atoms. The van der Waals surface area contributed by atoms with Gasteiger partial charge in [0.05, 0.1) is 13.2 Å². The number of aliphatic hydroxyl groups excluding tert-OH is 1. The highest BCUT2D eigenvalue weighted by molar-refractivity contribution is 5.72. The maximum absolute atomic E-state index is 10.9. The van der Waals surface area contributed by atoms with Crippen LogP contribution in [0.25, 0.3) is 0 Å². The molecule has 0 aliphatic heterocycles. The van der Waals surface area contributed by atoms with Crippen LogP contribution in [0.1, 0.15) is 19.3 Å². The predicted octanol–water partition coefficient (Wildman–Crippen LogP) is 0.805. The van der Waals surface area contributed by atoms with Crippen molar-refractivity contribution in [2.75, 3.05) is 13.2 Å². The van der Waals surface area contributed by atoms with Crippen LogP contribution in [0.3, 0.4) is 0 Å². The minimum Gasteiger partial charge on any atom is -0.479 e. The molecule has 14 heavy (non-hydrogen) atoms. The first-order chi connectivity index (χ1) is 6.75. The van der Waals surface area contributed by atoms with E-state index in [2.05, 4.69) is 6.08 Å². The molecule has 0 heterocycles. The van der Waals surface area contributed by atoms with Crippen molar-refractivity contribution in [3.63, 3.8) is 0 Å². The van der Waals surface area contributed by atoms with Crippen molar-refractivity contribution in [3.8, 4) is 0 Å². The molecule has 4 heteroatoms. The fraction of sp³-hybridized carbons (Fsp3) is 0.700. The summed E-state index contributed by atoms with van der Waals surface area (Å²) in [6.07, 6.45) is 5.79. The first-order valence-electron chi connectivity index (χ1n) is 4.86. The van der Waals surface area contributed by atoms with Gasteiger partial charge in [0, 0.05) is 0 Å². The van der Waals surface area contributed by atoms with Crippen LogP contribution in [0, 0.1) is 5.92 Å². The molecule has 0 amide bonds. The zero-order valence-electron chi connectivity index (χ0n) is 8.06. The number of aliphatic carboxylic acids is 1. The lowest BCUT2D eigenvalue weighted by Gasteiger charge is -2.24. The molecule has 0 saturated carbocycles. The van der Waals surface area contributed by atoms with Crippen LogP contribution < -0.4 is 0 Å². The maximum Gasteiger partial charge on any atom is 0.333 e. The molecule has 0 spiro atoms. The van der Waals surface area contributed by atoms with E-state index in [4.69, 9.17) is 14.9 Å². The lowest BCUT2D eigenvalue weighted by Crippen LogP contribution is -2.33. The second kappa shape index (κ2) is 5.78. The molecule has 0 saturated heterocycles. The molecule has 4 nitrogen and oxygen atoms in total. The Labute approximate surface area is 83.2 Å². The van der Waals surface area contributed by atoms with E-state index in [0.717, 1.165) is 19.3 Å². The topological polar surface area (TPSA) is 66.8 Å². The van der Waals surface area contributed by atoms with Crippen molar-refractivity contribution in [2.45, 2.75) is 25.4 Å². The molecule has 0 aromatic rings. The Morgan fingerprint density at radius 3 is 2.86 bits per heavy atom. The van der Waals surface area contributed by atoms with Crippen LogP contribution in [-0.4, -0.2) is 35.5 Å². The molecule has 1 rings (SSSR count). The Hall–Kier alpha value is -0.870. The number of carboxylic acid groups (broad SMARTS) is 1. The fourth-order valence-corrected chi connectivity index (χ4v) is 1.68. The van der Waals surface area contributed by atoms with E-state index in [1.54, 1.807) is 0 Å². The van der Waals surface area contributed by atoms with Gasteiger partial charge < -0.3 is 14.9 Å². The molecule has 2 N–H and O–H groups in total. The smallest absolute Gasteiger partial charge is 0.333 e. The number of hydrogen-bond acceptors (Lipinski definition) is 3. The number of carbonyl (C=O) groups is 1. The van der Waals surface area contributed by atoms with E-state index in [1.165, 1.54) is 0 Å². The first kappa shape index (κ1) is 11.2. The van der Waals surface area contributed by atoms with Crippen molar-refractivity contribution in [1.82, 2.24) is 0 Å². The third-order valence-corrected chi connectivity index (χ3v) is 2.37. The predicted molar refractivity (Wildman–Crippen MR) is 50.9 cm³/mol. The average Bonchev–Trinajstić information content (AvgIpc) is 2.19. The summed E-state index contributed by atoms with van der Waals surface area (Å²) in [6, 6.07) is 0. The van der Waals surface area contributed by atoms with Gasteiger partial charge in [0.25, 0.3) is 0 Å². The van der Waals surface area contributed by atoms with E-state index >= 15 is 0 Å². The number of ether oxygens (including phenoxy) is 1. The molecular weight excluding hydrogens is 184 g/mol. The van der Waals surface area contributed by atoms with E-state index in [0.29, 0.717) is 0 Å². The number of carboxylic acids is 1. The normalized spacial score (nSPS) is 23.4. The molecule has 0 radical (unpaired) electrons. The minimum atomic E-state index is -0.932.